The molecule has 68 valence electrons. The zero-order chi connectivity index (χ0) is 9.14. The van der Waals surface area contributed by atoms with Crippen molar-refractivity contribution in [2.75, 3.05) is 0 Å². The Kier molecular flexibility index (Phi) is 3.75. The molecule has 1 atom stereocenters. The maximum Gasteiger partial charge on any atom is 0.0515 e. The molecule has 1 nitrogen and oxygen atoms in total. The first-order valence-electron chi connectivity index (χ1n) is 4.02. The number of hydrogen-bond donors (Lipinski definition) is 1. The number of thiophene rings is 1. The van der Waals surface area contributed by atoms with Crippen molar-refractivity contribution < 1.29 is 5.11 Å². The average Bonchev–Trinajstić information content (AvgIpc) is 2.28. The van der Waals surface area contributed by atoms with E-state index in [1.165, 1.54) is 14.2 Å². The summed E-state index contributed by atoms with van der Waals surface area (Å²) in [6.07, 6.45) is 1.65. The van der Waals surface area contributed by atoms with E-state index in [9.17, 15) is 0 Å². The second kappa shape index (κ2) is 4.40. The van der Waals surface area contributed by atoms with Crippen LogP contribution in [0.3, 0.4) is 0 Å². The maximum atomic E-state index is 9.08. The predicted molar refractivity (Wildman–Crippen MR) is 56.8 cm³/mol. The van der Waals surface area contributed by atoms with Gasteiger partial charge < -0.3 is 5.11 Å². The van der Waals surface area contributed by atoms with Crippen molar-refractivity contribution in [2.45, 2.75) is 32.8 Å². The van der Waals surface area contributed by atoms with E-state index in [1.54, 1.807) is 11.3 Å². The topological polar surface area (TPSA) is 20.2 Å². The second-order valence-corrected chi connectivity index (χ2v) is 5.20. The van der Waals surface area contributed by atoms with E-state index in [0.717, 1.165) is 12.8 Å². The Balaban J connectivity index is 2.53. The van der Waals surface area contributed by atoms with Crippen molar-refractivity contribution in [3.63, 3.8) is 0 Å². The Morgan fingerprint density at radius 2 is 2.33 bits per heavy atom. The standard InChI is InChI=1S/C9H13BrOS/c1-6(11)3-4-8-5-9(10)7(2)12-8/h5-6,11H,3-4H2,1-2H3/t6-/m1/s1. The van der Waals surface area contributed by atoms with Crippen LogP contribution in [0.2, 0.25) is 0 Å². The SMILES string of the molecule is Cc1sc(CC[C@@H](C)O)cc1Br. The van der Waals surface area contributed by atoms with Gasteiger partial charge in [0.05, 0.1) is 6.10 Å². The highest BCUT2D eigenvalue weighted by Gasteiger charge is 2.03. The van der Waals surface area contributed by atoms with Gasteiger partial charge in [-0.3, -0.25) is 0 Å². The molecule has 0 aliphatic rings. The fourth-order valence-electron chi connectivity index (χ4n) is 0.992. The lowest BCUT2D eigenvalue weighted by Gasteiger charge is -2.00. The Labute approximate surface area is 85.6 Å². The second-order valence-electron chi connectivity index (χ2n) is 3.00. The molecule has 0 amide bonds. The Bertz CT molecular complexity index is 236. The Hall–Kier alpha value is 0.140. The van der Waals surface area contributed by atoms with Gasteiger partial charge in [0.1, 0.15) is 0 Å². The molecular weight excluding hydrogens is 236 g/mol. The molecule has 1 rings (SSSR count). The number of halogens is 1. The van der Waals surface area contributed by atoms with Gasteiger partial charge in [0, 0.05) is 14.2 Å². The Morgan fingerprint density at radius 3 is 2.75 bits per heavy atom. The summed E-state index contributed by atoms with van der Waals surface area (Å²) in [6.45, 7) is 3.93. The van der Waals surface area contributed by atoms with Crippen LogP contribution in [0, 0.1) is 6.92 Å². The van der Waals surface area contributed by atoms with Crippen LogP contribution in [0.5, 0.6) is 0 Å². The van der Waals surface area contributed by atoms with E-state index < -0.39 is 0 Å². The summed E-state index contributed by atoms with van der Waals surface area (Å²) in [5.74, 6) is 0. The van der Waals surface area contributed by atoms with Gasteiger partial charge >= 0.3 is 0 Å². The first-order valence-corrected chi connectivity index (χ1v) is 5.63. The molecule has 0 unspecified atom stereocenters. The van der Waals surface area contributed by atoms with Crippen LogP contribution < -0.4 is 0 Å². The molecule has 0 bridgehead atoms. The molecule has 0 fully saturated rings. The van der Waals surface area contributed by atoms with Crippen molar-refractivity contribution in [1.82, 2.24) is 0 Å². The van der Waals surface area contributed by atoms with Crippen molar-refractivity contribution in [1.29, 1.82) is 0 Å². The smallest absolute Gasteiger partial charge is 0.0515 e. The van der Waals surface area contributed by atoms with Gasteiger partial charge in [0.15, 0.2) is 0 Å². The minimum absolute atomic E-state index is 0.189. The molecule has 0 saturated carbocycles. The lowest BCUT2D eigenvalue weighted by Crippen LogP contribution is -1.99. The van der Waals surface area contributed by atoms with Gasteiger partial charge in [-0.15, -0.1) is 11.3 Å². The Morgan fingerprint density at radius 1 is 1.67 bits per heavy atom. The number of hydrogen-bond acceptors (Lipinski definition) is 2. The molecule has 0 radical (unpaired) electrons. The van der Waals surface area contributed by atoms with Gasteiger partial charge in [0.25, 0.3) is 0 Å². The van der Waals surface area contributed by atoms with Crippen LogP contribution in [-0.2, 0) is 6.42 Å². The van der Waals surface area contributed by atoms with Gasteiger partial charge in [-0.1, -0.05) is 0 Å². The quantitative estimate of drug-likeness (QED) is 0.872. The summed E-state index contributed by atoms with van der Waals surface area (Å²) >= 11 is 5.27. The fourth-order valence-corrected chi connectivity index (χ4v) is 2.61. The molecule has 0 spiro atoms. The zero-order valence-electron chi connectivity index (χ0n) is 7.30. The predicted octanol–water partition coefficient (Wildman–Crippen LogP) is 3.13. The highest BCUT2D eigenvalue weighted by molar-refractivity contribution is 9.10. The largest absolute Gasteiger partial charge is 0.393 e. The summed E-state index contributed by atoms with van der Waals surface area (Å²) in [4.78, 5) is 2.66. The average molecular weight is 249 g/mol. The first-order chi connectivity index (χ1) is 5.59. The van der Waals surface area contributed by atoms with Crippen LogP contribution in [0.15, 0.2) is 10.5 Å². The molecule has 0 aliphatic carbocycles. The molecule has 1 N–H and O–H groups in total. The third-order valence-corrected chi connectivity index (χ3v) is 3.91. The third-order valence-electron chi connectivity index (χ3n) is 1.72. The van der Waals surface area contributed by atoms with Gasteiger partial charge in [-0.25, -0.2) is 0 Å². The minimum Gasteiger partial charge on any atom is -0.393 e. The zero-order valence-corrected chi connectivity index (χ0v) is 9.70. The van der Waals surface area contributed by atoms with E-state index in [4.69, 9.17) is 5.11 Å². The van der Waals surface area contributed by atoms with E-state index in [-0.39, 0.29) is 6.10 Å². The van der Waals surface area contributed by atoms with Gasteiger partial charge in [-0.05, 0) is 48.7 Å². The van der Waals surface area contributed by atoms with Gasteiger partial charge in [-0.2, -0.15) is 0 Å². The van der Waals surface area contributed by atoms with Crippen LogP contribution in [0.4, 0.5) is 0 Å². The van der Waals surface area contributed by atoms with E-state index in [1.807, 2.05) is 6.92 Å². The van der Waals surface area contributed by atoms with Crippen LogP contribution in [-0.4, -0.2) is 11.2 Å². The van der Waals surface area contributed by atoms with Crippen molar-refractivity contribution in [3.8, 4) is 0 Å². The molecule has 0 aliphatic heterocycles. The molecule has 0 aromatic carbocycles. The number of aliphatic hydroxyl groups is 1. The monoisotopic (exact) mass is 248 g/mol. The highest BCUT2D eigenvalue weighted by Crippen LogP contribution is 2.27. The van der Waals surface area contributed by atoms with E-state index >= 15 is 0 Å². The van der Waals surface area contributed by atoms with Crippen molar-refractivity contribution in [3.05, 3.63) is 20.3 Å². The molecular formula is C9H13BrOS. The van der Waals surface area contributed by atoms with Gasteiger partial charge in [0.2, 0.25) is 0 Å². The summed E-state index contributed by atoms with van der Waals surface area (Å²) < 4.78 is 1.19. The van der Waals surface area contributed by atoms with E-state index in [0.29, 0.717) is 0 Å². The third kappa shape index (κ3) is 2.88. The summed E-state index contributed by atoms with van der Waals surface area (Å²) in [5.41, 5.74) is 0. The summed E-state index contributed by atoms with van der Waals surface area (Å²) in [7, 11) is 0. The fraction of sp³-hybridized carbons (Fsp3) is 0.556. The molecule has 3 heteroatoms. The molecule has 1 aromatic rings. The first kappa shape index (κ1) is 10.2. The summed E-state index contributed by atoms with van der Waals surface area (Å²) in [5, 5.41) is 9.08. The van der Waals surface area contributed by atoms with Crippen molar-refractivity contribution >= 4 is 27.3 Å². The molecule has 0 saturated heterocycles. The molecule has 1 aromatic heterocycles. The summed E-state index contributed by atoms with van der Waals surface area (Å²) in [6, 6.07) is 2.14. The number of aliphatic hydroxyl groups excluding tert-OH is 1. The van der Waals surface area contributed by atoms with Crippen LogP contribution >= 0.6 is 27.3 Å². The van der Waals surface area contributed by atoms with Crippen LogP contribution in [0.25, 0.3) is 0 Å². The lowest BCUT2D eigenvalue weighted by atomic mass is 10.2. The lowest BCUT2D eigenvalue weighted by molar-refractivity contribution is 0.185. The van der Waals surface area contributed by atoms with E-state index in [2.05, 4.69) is 28.9 Å². The maximum absolute atomic E-state index is 9.08. The normalized spacial score (nSPS) is 13.3. The minimum atomic E-state index is -0.189. The van der Waals surface area contributed by atoms with Crippen LogP contribution in [0.1, 0.15) is 23.1 Å². The number of rotatable bonds is 3. The van der Waals surface area contributed by atoms with Crippen molar-refractivity contribution in [2.24, 2.45) is 0 Å². The molecule has 12 heavy (non-hydrogen) atoms. The number of aryl methyl sites for hydroxylation is 2. The molecule has 1 heterocycles. The highest BCUT2D eigenvalue weighted by atomic mass is 79.9.